The lowest BCUT2D eigenvalue weighted by Crippen LogP contribution is -2.24. The highest BCUT2D eigenvalue weighted by molar-refractivity contribution is 9.10. The minimum atomic E-state index is 0.0315. The van der Waals surface area contributed by atoms with E-state index in [1.807, 2.05) is 11.4 Å². The molecule has 4 heteroatoms. The first-order valence-corrected chi connectivity index (χ1v) is 6.81. The Morgan fingerprint density at radius 1 is 1.67 bits per heavy atom. The minimum Gasteiger partial charge on any atom is -0.330 e. The van der Waals surface area contributed by atoms with Crippen molar-refractivity contribution in [1.29, 1.82) is 0 Å². The molecular weight excluding hydrogens is 274 g/mol. The first kappa shape index (κ1) is 12.9. The molecule has 15 heavy (non-hydrogen) atoms. The van der Waals surface area contributed by atoms with E-state index in [4.69, 9.17) is 5.73 Å². The van der Waals surface area contributed by atoms with E-state index in [-0.39, 0.29) is 11.7 Å². The van der Waals surface area contributed by atoms with Crippen LogP contribution in [0.3, 0.4) is 0 Å². The lowest BCUT2D eigenvalue weighted by atomic mass is 9.96. The Morgan fingerprint density at radius 2 is 2.40 bits per heavy atom. The van der Waals surface area contributed by atoms with Crippen molar-refractivity contribution >= 4 is 33.0 Å². The molecule has 1 atom stereocenters. The van der Waals surface area contributed by atoms with Crippen molar-refractivity contribution in [3.05, 3.63) is 20.8 Å². The second-order valence-electron chi connectivity index (χ2n) is 3.56. The Balaban J connectivity index is 2.58. The lowest BCUT2D eigenvalue weighted by Gasteiger charge is -2.11. The summed E-state index contributed by atoms with van der Waals surface area (Å²) in [5.41, 5.74) is 5.60. The van der Waals surface area contributed by atoms with Crippen molar-refractivity contribution in [1.82, 2.24) is 0 Å². The molecule has 84 valence electrons. The standard InChI is InChI=1S/C11H16BrNOS/c1-2-3-8(7-13)10(14)6-11-9(12)4-5-15-11/h4-5,8H,2-3,6-7,13H2,1H3. The Kier molecular flexibility index (Phi) is 5.50. The molecule has 0 saturated carbocycles. The molecule has 0 spiro atoms. The summed E-state index contributed by atoms with van der Waals surface area (Å²) in [5.74, 6) is 0.298. The average Bonchev–Trinajstić information content (AvgIpc) is 2.60. The van der Waals surface area contributed by atoms with Gasteiger partial charge in [0.2, 0.25) is 0 Å². The largest absolute Gasteiger partial charge is 0.330 e. The number of Topliss-reactive ketones (excluding diaryl/α,β-unsaturated/α-hetero) is 1. The van der Waals surface area contributed by atoms with Crippen LogP contribution < -0.4 is 5.73 Å². The van der Waals surface area contributed by atoms with E-state index in [1.165, 1.54) is 0 Å². The van der Waals surface area contributed by atoms with Gasteiger partial charge in [0, 0.05) is 28.2 Å². The van der Waals surface area contributed by atoms with Crippen LogP contribution in [0.2, 0.25) is 0 Å². The lowest BCUT2D eigenvalue weighted by molar-refractivity contribution is -0.122. The highest BCUT2D eigenvalue weighted by Gasteiger charge is 2.17. The van der Waals surface area contributed by atoms with Crippen LogP contribution in [0.15, 0.2) is 15.9 Å². The number of carbonyl (C=O) groups is 1. The van der Waals surface area contributed by atoms with E-state index in [9.17, 15) is 4.79 Å². The van der Waals surface area contributed by atoms with Gasteiger partial charge in [0.15, 0.2) is 0 Å². The Bertz CT molecular complexity index is 324. The van der Waals surface area contributed by atoms with E-state index < -0.39 is 0 Å². The van der Waals surface area contributed by atoms with Gasteiger partial charge in [0.05, 0.1) is 0 Å². The summed E-state index contributed by atoms with van der Waals surface area (Å²) in [4.78, 5) is 13.0. The molecule has 0 aliphatic heterocycles. The number of hydrogen-bond donors (Lipinski definition) is 1. The third-order valence-electron chi connectivity index (χ3n) is 2.40. The predicted octanol–water partition coefficient (Wildman–Crippen LogP) is 3.00. The number of nitrogens with two attached hydrogens (primary N) is 1. The van der Waals surface area contributed by atoms with Gasteiger partial charge in [-0.05, 0) is 33.8 Å². The van der Waals surface area contributed by atoms with Gasteiger partial charge in [0.25, 0.3) is 0 Å². The molecule has 0 aromatic carbocycles. The Labute approximate surface area is 103 Å². The van der Waals surface area contributed by atoms with E-state index >= 15 is 0 Å². The zero-order chi connectivity index (χ0) is 11.3. The second kappa shape index (κ2) is 6.40. The molecule has 0 fully saturated rings. The summed E-state index contributed by atoms with van der Waals surface area (Å²) in [6, 6.07) is 1.98. The van der Waals surface area contributed by atoms with Crippen LogP contribution in [0.5, 0.6) is 0 Å². The van der Waals surface area contributed by atoms with Crippen LogP contribution in [0.25, 0.3) is 0 Å². The van der Waals surface area contributed by atoms with Gasteiger partial charge in [-0.3, -0.25) is 4.79 Å². The highest BCUT2D eigenvalue weighted by atomic mass is 79.9. The van der Waals surface area contributed by atoms with Gasteiger partial charge < -0.3 is 5.73 Å². The minimum absolute atomic E-state index is 0.0315. The van der Waals surface area contributed by atoms with Gasteiger partial charge in [-0.1, -0.05) is 13.3 Å². The van der Waals surface area contributed by atoms with Gasteiger partial charge in [-0.2, -0.15) is 0 Å². The van der Waals surface area contributed by atoms with Crippen LogP contribution in [-0.2, 0) is 11.2 Å². The first-order chi connectivity index (χ1) is 7.19. The third-order valence-corrected chi connectivity index (χ3v) is 4.33. The molecule has 2 N–H and O–H groups in total. The van der Waals surface area contributed by atoms with E-state index in [0.717, 1.165) is 22.2 Å². The number of ketones is 1. The van der Waals surface area contributed by atoms with Crippen molar-refractivity contribution < 1.29 is 4.79 Å². The summed E-state index contributed by atoms with van der Waals surface area (Å²) >= 11 is 5.05. The fourth-order valence-electron chi connectivity index (χ4n) is 1.51. The maximum absolute atomic E-state index is 11.9. The van der Waals surface area contributed by atoms with Gasteiger partial charge in [-0.25, -0.2) is 0 Å². The number of thiophene rings is 1. The van der Waals surface area contributed by atoms with Crippen LogP contribution in [0.4, 0.5) is 0 Å². The smallest absolute Gasteiger partial charge is 0.142 e. The second-order valence-corrected chi connectivity index (χ2v) is 5.41. The summed E-state index contributed by atoms with van der Waals surface area (Å²) in [6.07, 6.45) is 2.43. The first-order valence-electron chi connectivity index (χ1n) is 5.13. The SMILES string of the molecule is CCCC(CN)C(=O)Cc1sccc1Br. The molecule has 1 aromatic rings. The molecule has 0 aliphatic carbocycles. The third kappa shape index (κ3) is 3.70. The van der Waals surface area contributed by atoms with Gasteiger partial charge in [-0.15, -0.1) is 11.3 Å². The zero-order valence-corrected chi connectivity index (χ0v) is 11.2. The van der Waals surface area contributed by atoms with Gasteiger partial charge in [0.1, 0.15) is 5.78 Å². The molecule has 1 aromatic heterocycles. The van der Waals surface area contributed by atoms with E-state index in [2.05, 4.69) is 22.9 Å². The quantitative estimate of drug-likeness (QED) is 0.875. The number of carbonyl (C=O) groups excluding carboxylic acids is 1. The monoisotopic (exact) mass is 289 g/mol. The summed E-state index contributed by atoms with van der Waals surface area (Å²) in [5, 5.41) is 1.99. The number of halogens is 1. The van der Waals surface area contributed by atoms with Crippen molar-refractivity contribution in [3.8, 4) is 0 Å². The predicted molar refractivity (Wildman–Crippen MR) is 68.2 cm³/mol. The summed E-state index contributed by atoms with van der Waals surface area (Å²) in [6.45, 7) is 2.55. The fourth-order valence-corrected chi connectivity index (χ4v) is 3.01. The molecule has 1 heterocycles. The van der Waals surface area contributed by atoms with E-state index in [0.29, 0.717) is 13.0 Å². The van der Waals surface area contributed by atoms with E-state index in [1.54, 1.807) is 11.3 Å². The molecule has 0 amide bonds. The normalized spacial score (nSPS) is 12.7. The molecule has 0 radical (unpaired) electrons. The molecule has 2 nitrogen and oxygen atoms in total. The van der Waals surface area contributed by atoms with Crippen LogP contribution in [0, 0.1) is 5.92 Å². The topological polar surface area (TPSA) is 43.1 Å². The highest BCUT2D eigenvalue weighted by Crippen LogP contribution is 2.24. The van der Waals surface area contributed by atoms with Gasteiger partial charge >= 0.3 is 0 Å². The summed E-state index contributed by atoms with van der Waals surface area (Å²) in [7, 11) is 0. The van der Waals surface area contributed by atoms with Crippen LogP contribution in [0.1, 0.15) is 24.6 Å². The zero-order valence-electron chi connectivity index (χ0n) is 8.83. The summed E-state index contributed by atoms with van der Waals surface area (Å²) < 4.78 is 1.04. The molecule has 1 unspecified atom stereocenters. The van der Waals surface area contributed by atoms with Crippen molar-refractivity contribution in [2.45, 2.75) is 26.2 Å². The van der Waals surface area contributed by atoms with Crippen molar-refractivity contribution in [2.75, 3.05) is 6.54 Å². The molecule has 0 saturated heterocycles. The molecule has 1 rings (SSSR count). The van der Waals surface area contributed by atoms with Crippen molar-refractivity contribution in [3.63, 3.8) is 0 Å². The number of rotatable bonds is 6. The Morgan fingerprint density at radius 3 is 2.87 bits per heavy atom. The number of hydrogen-bond acceptors (Lipinski definition) is 3. The molecule has 0 bridgehead atoms. The molecular formula is C11H16BrNOS. The Hall–Kier alpha value is -0.190. The van der Waals surface area contributed by atoms with Crippen LogP contribution >= 0.6 is 27.3 Å². The van der Waals surface area contributed by atoms with Crippen LogP contribution in [-0.4, -0.2) is 12.3 Å². The average molecular weight is 290 g/mol. The maximum Gasteiger partial charge on any atom is 0.142 e. The molecule has 0 aliphatic rings. The maximum atomic E-state index is 11.9. The fraction of sp³-hybridized carbons (Fsp3) is 0.545. The van der Waals surface area contributed by atoms with Crippen molar-refractivity contribution in [2.24, 2.45) is 11.7 Å².